The molecule has 1 aromatic rings. The average molecular weight is 231 g/mol. The molecule has 1 saturated carbocycles. The Morgan fingerprint density at radius 1 is 1.47 bits per heavy atom. The van der Waals surface area contributed by atoms with Gasteiger partial charge in [0, 0.05) is 11.9 Å². The minimum absolute atomic E-state index is 0.240. The van der Waals surface area contributed by atoms with Crippen molar-refractivity contribution in [3.8, 4) is 0 Å². The lowest BCUT2D eigenvalue weighted by Gasteiger charge is -2.19. The van der Waals surface area contributed by atoms with Gasteiger partial charge in [-0.2, -0.15) is 5.10 Å². The lowest BCUT2D eigenvalue weighted by Crippen LogP contribution is -2.24. The van der Waals surface area contributed by atoms with Crippen molar-refractivity contribution in [2.75, 3.05) is 0 Å². The summed E-state index contributed by atoms with van der Waals surface area (Å²) in [6, 6.07) is 5.25. The van der Waals surface area contributed by atoms with Crippen LogP contribution in [0.15, 0.2) is 29.5 Å². The van der Waals surface area contributed by atoms with E-state index in [0.29, 0.717) is 11.6 Å². The highest BCUT2D eigenvalue weighted by molar-refractivity contribution is 5.94. The van der Waals surface area contributed by atoms with Gasteiger partial charge in [0.05, 0.1) is 0 Å². The Hall–Kier alpha value is -1.71. The fraction of sp³-hybridized carbons (Fsp3) is 0.462. The largest absolute Gasteiger partial charge is 0.289 e. The van der Waals surface area contributed by atoms with Gasteiger partial charge in [0.15, 0.2) is 0 Å². The number of rotatable bonds is 2. The lowest BCUT2D eigenvalue weighted by atomic mass is 9.89. The van der Waals surface area contributed by atoms with E-state index in [2.05, 4.69) is 22.4 Å². The summed E-state index contributed by atoms with van der Waals surface area (Å²) >= 11 is 0. The van der Waals surface area contributed by atoms with Gasteiger partial charge in [-0.25, -0.2) is 5.43 Å². The fourth-order valence-electron chi connectivity index (χ4n) is 2.01. The summed E-state index contributed by atoms with van der Waals surface area (Å²) in [6.45, 7) is 2.16. The Kier molecular flexibility index (Phi) is 3.85. The van der Waals surface area contributed by atoms with Gasteiger partial charge >= 0.3 is 0 Å². The van der Waals surface area contributed by atoms with E-state index in [-0.39, 0.29) is 5.91 Å². The fourth-order valence-corrected chi connectivity index (χ4v) is 2.01. The molecule has 0 saturated heterocycles. The maximum absolute atomic E-state index is 11.7. The Morgan fingerprint density at radius 2 is 2.35 bits per heavy atom. The molecular formula is C13H17N3O. The van der Waals surface area contributed by atoms with Gasteiger partial charge in [0.2, 0.25) is 0 Å². The first kappa shape index (κ1) is 11.8. The Morgan fingerprint density at radius 3 is 3.06 bits per heavy atom. The highest BCUT2D eigenvalue weighted by Crippen LogP contribution is 2.20. The van der Waals surface area contributed by atoms with Crippen LogP contribution < -0.4 is 5.43 Å². The minimum Gasteiger partial charge on any atom is -0.266 e. The summed E-state index contributed by atoms with van der Waals surface area (Å²) in [4.78, 5) is 15.7. The summed E-state index contributed by atoms with van der Waals surface area (Å²) in [5.74, 6) is 0.239. The number of nitrogens with zero attached hydrogens (tertiary/aromatic N) is 2. The maximum atomic E-state index is 11.7. The molecule has 90 valence electrons. The van der Waals surface area contributed by atoms with Crippen molar-refractivity contribution < 1.29 is 4.79 Å². The lowest BCUT2D eigenvalue weighted by molar-refractivity contribution is 0.0949. The molecule has 1 aliphatic rings. The predicted octanol–water partition coefficient (Wildman–Crippen LogP) is 2.38. The van der Waals surface area contributed by atoms with Crippen LogP contribution in [0.4, 0.5) is 0 Å². The third-order valence-electron chi connectivity index (χ3n) is 3.09. The zero-order valence-electron chi connectivity index (χ0n) is 10.0. The van der Waals surface area contributed by atoms with Crippen LogP contribution in [0.5, 0.6) is 0 Å². The molecule has 1 heterocycles. The zero-order valence-corrected chi connectivity index (χ0v) is 10.0. The number of carbonyl (C=O) groups excluding carboxylic acids is 1. The van der Waals surface area contributed by atoms with E-state index in [4.69, 9.17) is 0 Å². The topological polar surface area (TPSA) is 54.4 Å². The molecule has 4 nitrogen and oxygen atoms in total. The number of hydrogen-bond donors (Lipinski definition) is 1. The summed E-state index contributed by atoms with van der Waals surface area (Å²) in [5.41, 5.74) is 4.09. The number of amides is 1. The van der Waals surface area contributed by atoms with Crippen molar-refractivity contribution in [2.45, 2.75) is 32.6 Å². The molecule has 1 aromatic heterocycles. The molecule has 1 atom stereocenters. The predicted molar refractivity (Wildman–Crippen MR) is 66.8 cm³/mol. The van der Waals surface area contributed by atoms with Gasteiger partial charge in [0.1, 0.15) is 5.69 Å². The Bertz CT molecular complexity index is 414. The second-order valence-electron chi connectivity index (χ2n) is 4.41. The summed E-state index contributed by atoms with van der Waals surface area (Å²) < 4.78 is 0. The molecule has 0 bridgehead atoms. The van der Waals surface area contributed by atoms with Crippen LogP contribution in [0.3, 0.4) is 0 Å². The van der Waals surface area contributed by atoms with Crippen LogP contribution >= 0.6 is 0 Å². The van der Waals surface area contributed by atoms with Crippen LogP contribution in [0.25, 0.3) is 0 Å². The van der Waals surface area contributed by atoms with Crippen molar-refractivity contribution in [1.82, 2.24) is 10.4 Å². The summed E-state index contributed by atoms with van der Waals surface area (Å²) in [6.07, 6.45) is 6.18. The van der Waals surface area contributed by atoms with Gasteiger partial charge < -0.3 is 0 Å². The molecule has 0 radical (unpaired) electrons. The van der Waals surface area contributed by atoms with E-state index < -0.39 is 0 Å². The number of nitrogens with one attached hydrogen (secondary N) is 1. The van der Waals surface area contributed by atoms with Crippen LogP contribution in [-0.4, -0.2) is 16.6 Å². The highest BCUT2D eigenvalue weighted by atomic mass is 16.2. The van der Waals surface area contributed by atoms with Crippen molar-refractivity contribution in [1.29, 1.82) is 0 Å². The number of aromatic nitrogens is 1. The molecule has 2 rings (SSSR count). The van der Waals surface area contributed by atoms with Crippen LogP contribution in [0.1, 0.15) is 43.1 Å². The summed E-state index contributed by atoms with van der Waals surface area (Å²) in [5, 5.41) is 4.22. The molecule has 1 aliphatic carbocycles. The van der Waals surface area contributed by atoms with E-state index in [0.717, 1.165) is 18.6 Å². The van der Waals surface area contributed by atoms with Crippen molar-refractivity contribution in [3.63, 3.8) is 0 Å². The molecule has 1 N–H and O–H groups in total. The molecule has 0 spiro atoms. The van der Waals surface area contributed by atoms with Gasteiger partial charge in [-0.05, 0) is 37.3 Å². The van der Waals surface area contributed by atoms with E-state index >= 15 is 0 Å². The van der Waals surface area contributed by atoms with Crippen LogP contribution in [0.2, 0.25) is 0 Å². The standard InChI is InChI=1S/C13H17N3O/c1-10-6-2-3-7-11(10)15-16-13(17)12-8-4-5-9-14-12/h4-5,8-10H,2-3,6-7H2,1H3,(H,16,17). The minimum atomic E-state index is -0.240. The van der Waals surface area contributed by atoms with Crippen molar-refractivity contribution in [2.24, 2.45) is 11.0 Å². The monoisotopic (exact) mass is 231 g/mol. The SMILES string of the molecule is CC1CCCCC1=NNC(=O)c1ccccn1. The zero-order chi connectivity index (χ0) is 12.1. The Balaban J connectivity index is 1.97. The first-order chi connectivity index (χ1) is 8.27. The molecule has 17 heavy (non-hydrogen) atoms. The van der Waals surface area contributed by atoms with Gasteiger partial charge in [-0.1, -0.05) is 19.4 Å². The van der Waals surface area contributed by atoms with E-state index in [1.54, 1.807) is 24.4 Å². The quantitative estimate of drug-likeness (QED) is 0.794. The molecule has 4 heteroatoms. The molecule has 0 aromatic carbocycles. The number of carbonyl (C=O) groups is 1. The molecular weight excluding hydrogens is 214 g/mol. The van der Waals surface area contributed by atoms with Crippen LogP contribution in [-0.2, 0) is 0 Å². The van der Waals surface area contributed by atoms with E-state index in [1.165, 1.54) is 12.8 Å². The number of hydrazone groups is 1. The third kappa shape index (κ3) is 3.12. The average Bonchev–Trinajstić information content (AvgIpc) is 2.38. The first-order valence-corrected chi connectivity index (χ1v) is 6.05. The van der Waals surface area contributed by atoms with Crippen molar-refractivity contribution in [3.05, 3.63) is 30.1 Å². The second kappa shape index (κ2) is 5.57. The molecule has 1 amide bonds. The molecule has 0 aliphatic heterocycles. The second-order valence-corrected chi connectivity index (χ2v) is 4.41. The van der Waals surface area contributed by atoms with Crippen molar-refractivity contribution >= 4 is 11.6 Å². The number of hydrogen-bond acceptors (Lipinski definition) is 3. The summed E-state index contributed by atoms with van der Waals surface area (Å²) in [7, 11) is 0. The number of pyridine rings is 1. The normalized spacial score (nSPS) is 22.4. The van der Waals surface area contributed by atoms with Crippen LogP contribution in [0, 0.1) is 5.92 Å². The van der Waals surface area contributed by atoms with Gasteiger partial charge in [-0.3, -0.25) is 9.78 Å². The smallest absolute Gasteiger partial charge is 0.266 e. The first-order valence-electron chi connectivity index (χ1n) is 6.05. The maximum Gasteiger partial charge on any atom is 0.289 e. The van der Waals surface area contributed by atoms with Gasteiger partial charge in [0.25, 0.3) is 5.91 Å². The third-order valence-corrected chi connectivity index (χ3v) is 3.09. The molecule has 1 unspecified atom stereocenters. The molecule has 1 fully saturated rings. The van der Waals surface area contributed by atoms with E-state index in [9.17, 15) is 4.79 Å². The highest BCUT2D eigenvalue weighted by Gasteiger charge is 2.16. The van der Waals surface area contributed by atoms with E-state index in [1.807, 2.05) is 0 Å². The Labute approximate surface area is 101 Å². The van der Waals surface area contributed by atoms with Gasteiger partial charge in [-0.15, -0.1) is 0 Å².